The lowest BCUT2D eigenvalue weighted by molar-refractivity contribution is -0.112. The highest BCUT2D eigenvalue weighted by Gasteiger charge is 2.15. The standard InChI is InChI=1S/C26H19Cl2N3O3/c1-2-33-24-13-17(11-20(15-30)26(32)31-22-9-7-21(27)8-10-22)12-23(28)25(24)34-16-19-6-4-3-5-18(19)14-29/h3-13H,2,16H2,1H3,(H,31,32)/b20-11+. The third-order valence-electron chi connectivity index (χ3n) is 4.62. The Morgan fingerprint density at radius 1 is 1.06 bits per heavy atom. The van der Waals surface area contributed by atoms with E-state index in [1.807, 2.05) is 19.1 Å². The van der Waals surface area contributed by atoms with E-state index >= 15 is 0 Å². The van der Waals surface area contributed by atoms with Crippen molar-refractivity contribution < 1.29 is 14.3 Å². The first kappa shape index (κ1) is 24.7. The van der Waals surface area contributed by atoms with Crippen molar-refractivity contribution >= 4 is 40.9 Å². The minimum atomic E-state index is -0.577. The van der Waals surface area contributed by atoms with Crippen LogP contribution in [0.3, 0.4) is 0 Å². The molecular weight excluding hydrogens is 473 g/mol. The Morgan fingerprint density at radius 3 is 2.47 bits per heavy atom. The molecule has 1 N–H and O–H groups in total. The predicted octanol–water partition coefficient (Wildman–Crippen LogP) is 6.39. The molecule has 0 bridgehead atoms. The third kappa shape index (κ3) is 6.30. The highest BCUT2D eigenvalue weighted by Crippen LogP contribution is 2.38. The van der Waals surface area contributed by atoms with E-state index in [2.05, 4.69) is 11.4 Å². The number of hydrogen-bond acceptors (Lipinski definition) is 5. The summed E-state index contributed by atoms with van der Waals surface area (Å²) in [5.74, 6) is 0.0796. The summed E-state index contributed by atoms with van der Waals surface area (Å²) in [6.45, 7) is 2.27. The van der Waals surface area contributed by atoms with Gasteiger partial charge < -0.3 is 14.8 Å². The number of carbonyl (C=O) groups is 1. The lowest BCUT2D eigenvalue weighted by Gasteiger charge is -2.15. The monoisotopic (exact) mass is 491 g/mol. The fourth-order valence-electron chi connectivity index (χ4n) is 3.03. The van der Waals surface area contributed by atoms with Crippen molar-refractivity contribution in [3.05, 3.63) is 93.0 Å². The van der Waals surface area contributed by atoms with Gasteiger partial charge in [0.05, 0.1) is 23.3 Å². The molecule has 0 aliphatic heterocycles. The molecule has 0 atom stereocenters. The Hall–Kier alpha value is -3.97. The molecule has 0 aromatic heterocycles. The van der Waals surface area contributed by atoms with Crippen LogP contribution in [0.5, 0.6) is 11.5 Å². The molecule has 0 unspecified atom stereocenters. The molecule has 0 spiro atoms. The van der Waals surface area contributed by atoms with Crippen LogP contribution in [0, 0.1) is 22.7 Å². The molecular formula is C26H19Cl2N3O3. The molecule has 3 rings (SSSR count). The van der Waals surface area contributed by atoms with Gasteiger partial charge in [0.2, 0.25) is 0 Å². The van der Waals surface area contributed by atoms with Gasteiger partial charge in [-0.15, -0.1) is 0 Å². The SMILES string of the molecule is CCOc1cc(/C=C(\C#N)C(=O)Nc2ccc(Cl)cc2)cc(Cl)c1OCc1ccccc1C#N. The van der Waals surface area contributed by atoms with Gasteiger partial charge in [-0.2, -0.15) is 10.5 Å². The zero-order valence-electron chi connectivity index (χ0n) is 18.1. The number of benzene rings is 3. The summed E-state index contributed by atoms with van der Waals surface area (Å²) in [5.41, 5.74) is 2.08. The van der Waals surface area contributed by atoms with Crippen LogP contribution in [-0.2, 0) is 11.4 Å². The number of ether oxygens (including phenoxy) is 2. The maximum Gasteiger partial charge on any atom is 0.266 e. The summed E-state index contributed by atoms with van der Waals surface area (Å²) in [6, 6.07) is 20.9. The van der Waals surface area contributed by atoms with Crippen LogP contribution in [0.25, 0.3) is 6.08 Å². The largest absolute Gasteiger partial charge is 0.490 e. The van der Waals surface area contributed by atoms with Crippen molar-refractivity contribution in [3.63, 3.8) is 0 Å². The van der Waals surface area contributed by atoms with E-state index in [0.717, 1.165) is 0 Å². The highest BCUT2D eigenvalue weighted by molar-refractivity contribution is 6.32. The zero-order chi connectivity index (χ0) is 24.5. The van der Waals surface area contributed by atoms with Gasteiger partial charge in [-0.1, -0.05) is 41.4 Å². The molecule has 0 saturated carbocycles. The predicted molar refractivity (Wildman–Crippen MR) is 132 cm³/mol. The summed E-state index contributed by atoms with van der Waals surface area (Å²) >= 11 is 12.3. The second-order valence-electron chi connectivity index (χ2n) is 6.95. The second kappa shape index (κ2) is 11.8. The van der Waals surface area contributed by atoms with Crippen molar-refractivity contribution in [1.29, 1.82) is 10.5 Å². The second-order valence-corrected chi connectivity index (χ2v) is 7.80. The molecule has 0 heterocycles. The summed E-state index contributed by atoms with van der Waals surface area (Å²) in [6.07, 6.45) is 1.41. The molecule has 0 aliphatic rings. The summed E-state index contributed by atoms with van der Waals surface area (Å²) in [7, 11) is 0. The van der Waals surface area contributed by atoms with Crippen LogP contribution in [-0.4, -0.2) is 12.5 Å². The van der Waals surface area contributed by atoms with E-state index in [0.29, 0.717) is 45.5 Å². The summed E-state index contributed by atoms with van der Waals surface area (Å²) in [4.78, 5) is 12.6. The molecule has 0 saturated heterocycles. The van der Waals surface area contributed by atoms with E-state index in [1.165, 1.54) is 6.08 Å². The van der Waals surface area contributed by atoms with Crippen LogP contribution < -0.4 is 14.8 Å². The average molecular weight is 492 g/mol. The molecule has 0 aliphatic carbocycles. The van der Waals surface area contributed by atoms with Crippen LogP contribution >= 0.6 is 23.2 Å². The first-order chi connectivity index (χ1) is 16.4. The van der Waals surface area contributed by atoms with E-state index in [4.69, 9.17) is 32.7 Å². The fraction of sp³-hybridized carbons (Fsp3) is 0.115. The first-order valence-corrected chi connectivity index (χ1v) is 11.0. The molecule has 170 valence electrons. The smallest absolute Gasteiger partial charge is 0.266 e. The normalized spacial score (nSPS) is 10.7. The fourth-order valence-corrected chi connectivity index (χ4v) is 3.43. The minimum absolute atomic E-state index is 0.117. The number of amides is 1. The van der Waals surface area contributed by atoms with Gasteiger partial charge >= 0.3 is 0 Å². The number of nitriles is 2. The Bertz CT molecular complexity index is 1310. The van der Waals surface area contributed by atoms with Crippen molar-refractivity contribution in [3.8, 4) is 23.6 Å². The zero-order valence-corrected chi connectivity index (χ0v) is 19.7. The number of anilines is 1. The number of hydrogen-bond donors (Lipinski definition) is 1. The van der Waals surface area contributed by atoms with Gasteiger partial charge in [0.1, 0.15) is 18.2 Å². The van der Waals surface area contributed by atoms with Crippen LogP contribution in [0.4, 0.5) is 5.69 Å². The first-order valence-electron chi connectivity index (χ1n) is 10.2. The van der Waals surface area contributed by atoms with Gasteiger partial charge in [-0.3, -0.25) is 4.79 Å². The van der Waals surface area contributed by atoms with E-state index in [9.17, 15) is 15.3 Å². The van der Waals surface area contributed by atoms with Crippen LogP contribution in [0.2, 0.25) is 10.0 Å². The maximum atomic E-state index is 12.6. The van der Waals surface area contributed by atoms with Gasteiger partial charge in [0, 0.05) is 16.3 Å². The van der Waals surface area contributed by atoms with E-state index in [-0.39, 0.29) is 17.2 Å². The van der Waals surface area contributed by atoms with Crippen molar-refractivity contribution in [2.24, 2.45) is 0 Å². The van der Waals surface area contributed by atoms with E-state index in [1.54, 1.807) is 54.6 Å². The van der Waals surface area contributed by atoms with E-state index < -0.39 is 5.91 Å². The topological polar surface area (TPSA) is 95.1 Å². The third-order valence-corrected chi connectivity index (χ3v) is 5.15. The molecule has 3 aromatic rings. The minimum Gasteiger partial charge on any atom is -0.490 e. The molecule has 1 amide bonds. The summed E-state index contributed by atoms with van der Waals surface area (Å²) in [5, 5.41) is 22.2. The molecule has 6 nitrogen and oxygen atoms in total. The quantitative estimate of drug-likeness (QED) is 0.291. The molecule has 0 fully saturated rings. The Labute approximate surface area is 207 Å². The van der Waals surface area contributed by atoms with Crippen molar-refractivity contribution in [2.45, 2.75) is 13.5 Å². The lowest BCUT2D eigenvalue weighted by atomic mass is 10.1. The Kier molecular flexibility index (Phi) is 8.54. The van der Waals surface area contributed by atoms with Gasteiger partial charge in [-0.05, 0) is 61.0 Å². The maximum absolute atomic E-state index is 12.6. The van der Waals surface area contributed by atoms with Gasteiger partial charge in [-0.25, -0.2) is 0 Å². The Balaban J connectivity index is 1.86. The number of nitrogens with zero attached hydrogens (tertiary/aromatic N) is 2. The van der Waals surface area contributed by atoms with Crippen molar-refractivity contribution in [2.75, 3.05) is 11.9 Å². The molecule has 3 aromatic carbocycles. The molecule has 8 heteroatoms. The molecule has 34 heavy (non-hydrogen) atoms. The number of nitrogens with one attached hydrogen (secondary N) is 1. The number of carbonyl (C=O) groups excluding carboxylic acids is 1. The van der Waals surface area contributed by atoms with Gasteiger partial charge in [0.15, 0.2) is 11.5 Å². The lowest BCUT2D eigenvalue weighted by Crippen LogP contribution is -2.13. The van der Waals surface area contributed by atoms with Crippen LogP contribution in [0.1, 0.15) is 23.6 Å². The molecule has 0 radical (unpaired) electrons. The van der Waals surface area contributed by atoms with Crippen LogP contribution in [0.15, 0.2) is 66.2 Å². The van der Waals surface area contributed by atoms with Crippen molar-refractivity contribution in [1.82, 2.24) is 0 Å². The van der Waals surface area contributed by atoms with Gasteiger partial charge in [0.25, 0.3) is 5.91 Å². The summed E-state index contributed by atoms with van der Waals surface area (Å²) < 4.78 is 11.6. The Morgan fingerprint density at radius 2 is 1.79 bits per heavy atom. The number of halogens is 2. The highest BCUT2D eigenvalue weighted by atomic mass is 35.5. The number of rotatable bonds is 8. The average Bonchev–Trinajstić information content (AvgIpc) is 2.83.